The summed E-state index contributed by atoms with van der Waals surface area (Å²) in [5, 5.41) is 5.32. The zero-order valence-electron chi connectivity index (χ0n) is 12.0. The molecule has 0 saturated carbocycles. The molecule has 1 N–H and O–H groups in total. The molecule has 3 aromatic rings. The Labute approximate surface area is 126 Å². The number of anilines is 2. The highest BCUT2D eigenvalue weighted by molar-refractivity contribution is 7.15. The van der Waals surface area contributed by atoms with Crippen molar-refractivity contribution in [1.82, 2.24) is 14.7 Å². The molecule has 2 aromatic heterocycles. The van der Waals surface area contributed by atoms with Crippen molar-refractivity contribution in [3.8, 4) is 0 Å². The molecule has 3 rings (SSSR count). The number of aromatic nitrogens is 2. The lowest BCUT2D eigenvalue weighted by Crippen LogP contribution is -2.18. The zero-order valence-corrected chi connectivity index (χ0v) is 12.8. The van der Waals surface area contributed by atoms with E-state index in [9.17, 15) is 4.39 Å². The van der Waals surface area contributed by atoms with Crippen LogP contribution in [0.25, 0.3) is 4.96 Å². The number of imidazole rings is 1. The van der Waals surface area contributed by atoms with E-state index in [4.69, 9.17) is 0 Å². The Morgan fingerprint density at radius 2 is 2.19 bits per heavy atom. The maximum atomic E-state index is 14.0. The van der Waals surface area contributed by atoms with Crippen molar-refractivity contribution in [2.24, 2.45) is 0 Å². The van der Waals surface area contributed by atoms with E-state index in [1.807, 2.05) is 29.6 Å². The van der Waals surface area contributed by atoms with Crippen molar-refractivity contribution in [3.05, 3.63) is 47.4 Å². The van der Waals surface area contributed by atoms with Gasteiger partial charge >= 0.3 is 0 Å². The molecule has 2 heterocycles. The highest BCUT2D eigenvalue weighted by Crippen LogP contribution is 2.30. The second-order valence-corrected chi connectivity index (χ2v) is 5.60. The summed E-state index contributed by atoms with van der Waals surface area (Å²) in [5.74, 6) is 0.540. The Kier molecular flexibility index (Phi) is 3.90. The van der Waals surface area contributed by atoms with E-state index in [0.29, 0.717) is 12.2 Å². The van der Waals surface area contributed by atoms with Crippen LogP contribution in [0.5, 0.6) is 0 Å². The van der Waals surface area contributed by atoms with Gasteiger partial charge in [0.25, 0.3) is 0 Å². The van der Waals surface area contributed by atoms with Crippen LogP contribution in [-0.2, 0) is 6.54 Å². The maximum Gasteiger partial charge on any atom is 0.195 e. The Hall–Kier alpha value is -1.92. The van der Waals surface area contributed by atoms with E-state index in [2.05, 4.69) is 21.6 Å². The second-order valence-electron chi connectivity index (χ2n) is 4.73. The topological polar surface area (TPSA) is 32.6 Å². The minimum atomic E-state index is -0.245. The van der Waals surface area contributed by atoms with E-state index in [0.717, 1.165) is 23.0 Å². The molecule has 6 heteroatoms. The summed E-state index contributed by atoms with van der Waals surface area (Å²) in [6.07, 6.45) is 2.00. The van der Waals surface area contributed by atoms with E-state index in [1.54, 1.807) is 23.5 Å². The molecule has 0 amide bonds. The summed E-state index contributed by atoms with van der Waals surface area (Å²) >= 11 is 1.58. The number of nitrogens with zero attached hydrogens (tertiary/aromatic N) is 3. The maximum absolute atomic E-state index is 14.0. The third-order valence-electron chi connectivity index (χ3n) is 3.41. The number of rotatable bonds is 5. The monoisotopic (exact) mass is 304 g/mol. The van der Waals surface area contributed by atoms with Crippen LogP contribution in [0.3, 0.4) is 0 Å². The van der Waals surface area contributed by atoms with Crippen molar-refractivity contribution < 1.29 is 4.39 Å². The first kappa shape index (κ1) is 14.0. The average molecular weight is 304 g/mol. The molecule has 0 aliphatic heterocycles. The summed E-state index contributed by atoms with van der Waals surface area (Å²) in [6.45, 7) is 3.63. The van der Waals surface area contributed by atoms with Crippen molar-refractivity contribution in [2.45, 2.75) is 13.5 Å². The second kappa shape index (κ2) is 5.83. The van der Waals surface area contributed by atoms with Gasteiger partial charge in [-0.3, -0.25) is 4.40 Å². The molecule has 21 heavy (non-hydrogen) atoms. The molecule has 0 aliphatic rings. The van der Waals surface area contributed by atoms with Crippen molar-refractivity contribution >= 4 is 27.8 Å². The van der Waals surface area contributed by atoms with Gasteiger partial charge in [-0.15, -0.1) is 11.3 Å². The van der Waals surface area contributed by atoms with Crippen LogP contribution in [0.1, 0.15) is 12.6 Å². The number of thiazole rings is 1. The zero-order chi connectivity index (χ0) is 14.8. The number of nitrogens with one attached hydrogen (secondary N) is 1. The molecule has 0 bridgehead atoms. The fourth-order valence-electron chi connectivity index (χ4n) is 2.34. The molecule has 1 aromatic carbocycles. The molecule has 4 nitrogen and oxygen atoms in total. The highest BCUT2D eigenvalue weighted by atomic mass is 32.1. The first-order valence-electron chi connectivity index (χ1n) is 6.85. The normalized spacial score (nSPS) is 11.2. The fourth-order valence-corrected chi connectivity index (χ4v) is 3.06. The Morgan fingerprint density at radius 1 is 1.38 bits per heavy atom. The summed E-state index contributed by atoms with van der Waals surface area (Å²) in [4.78, 5) is 7.37. The smallest absolute Gasteiger partial charge is 0.195 e. The Bertz CT molecular complexity index is 749. The van der Waals surface area contributed by atoms with Gasteiger partial charge in [-0.2, -0.15) is 0 Å². The molecule has 0 radical (unpaired) electrons. The fraction of sp³-hybridized carbons (Fsp3) is 0.267. The third kappa shape index (κ3) is 2.52. The van der Waals surface area contributed by atoms with E-state index in [-0.39, 0.29) is 5.82 Å². The minimum absolute atomic E-state index is 0.245. The highest BCUT2D eigenvalue weighted by Gasteiger charge is 2.19. The van der Waals surface area contributed by atoms with Crippen molar-refractivity contribution in [1.29, 1.82) is 0 Å². The lowest BCUT2D eigenvalue weighted by molar-refractivity contribution is 0.627. The van der Waals surface area contributed by atoms with Crippen LogP contribution >= 0.6 is 11.3 Å². The number of fused-ring (bicyclic) bond motifs is 1. The number of para-hydroxylation sites is 1. The number of benzene rings is 1. The van der Waals surface area contributed by atoms with Crippen LogP contribution in [0.2, 0.25) is 0 Å². The lowest BCUT2D eigenvalue weighted by atomic mass is 10.2. The molecule has 110 valence electrons. The molecule has 0 aliphatic carbocycles. The largest absolute Gasteiger partial charge is 0.325 e. The van der Waals surface area contributed by atoms with Gasteiger partial charge in [0.2, 0.25) is 0 Å². The molecule has 0 atom stereocenters. The SMILES string of the molecule is CCNCc1c(N(C)c2ccccc2F)nc2sccn12. The van der Waals surface area contributed by atoms with Gasteiger partial charge in [-0.1, -0.05) is 19.1 Å². The predicted octanol–water partition coefficient (Wildman–Crippen LogP) is 3.41. The van der Waals surface area contributed by atoms with Crippen molar-refractivity contribution in [3.63, 3.8) is 0 Å². The van der Waals surface area contributed by atoms with Gasteiger partial charge < -0.3 is 10.2 Å². The third-order valence-corrected chi connectivity index (χ3v) is 4.17. The quantitative estimate of drug-likeness (QED) is 0.784. The number of halogens is 1. The van der Waals surface area contributed by atoms with Crippen LogP contribution < -0.4 is 10.2 Å². The van der Waals surface area contributed by atoms with E-state index in [1.165, 1.54) is 6.07 Å². The van der Waals surface area contributed by atoms with Crippen LogP contribution in [0.15, 0.2) is 35.8 Å². The van der Waals surface area contributed by atoms with Gasteiger partial charge in [0.1, 0.15) is 5.82 Å². The van der Waals surface area contributed by atoms with Gasteiger partial charge in [0.15, 0.2) is 10.8 Å². The van der Waals surface area contributed by atoms with Gasteiger partial charge in [0.05, 0.1) is 11.4 Å². The van der Waals surface area contributed by atoms with Crippen LogP contribution in [-0.4, -0.2) is 23.0 Å². The molecule has 0 fully saturated rings. The summed E-state index contributed by atoms with van der Waals surface area (Å²) in [7, 11) is 1.85. The Morgan fingerprint density at radius 3 is 2.95 bits per heavy atom. The van der Waals surface area contributed by atoms with Crippen LogP contribution in [0, 0.1) is 5.82 Å². The van der Waals surface area contributed by atoms with E-state index < -0.39 is 0 Å². The summed E-state index contributed by atoms with van der Waals surface area (Å²) < 4.78 is 16.1. The minimum Gasteiger partial charge on any atom is -0.325 e. The molecule has 0 spiro atoms. The molecular formula is C15H17FN4S. The molecule has 0 saturated heterocycles. The first-order chi connectivity index (χ1) is 10.2. The van der Waals surface area contributed by atoms with Gasteiger partial charge in [-0.05, 0) is 18.7 Å². The van der Waals surface area contributed by atoms with Gasteiger partial charge in [-0.25, -0.2) is 9.37 Å². The van der Waals surface area contributed by atoms with Crippen molar-refractivity contribution in [2.75, 3.05) is 18.5 Å². The van der Waals surface area contributed by atoms with E-state index >= 15 is 0 Å². The molecule has 0 unspecified atom stereocenters. The summed E-state index contributed by atoms with van der Waals surface area (Å²) in [6, 6.07) is 6.75. The van der Waals surface area contributed by atoms with Gasteiger partial charge in [0, 0.05) is 25.2 Å². The molecular weight excluding hydrogens is 287 g/mol. The van der Waals surface area contributed by atoms with Crippen LogP contribution in [0.4, 0.5) is 15.9 Å². The number of hydrogen-bond acceptors (Lipinski definition) is 4. The lowest BCUT2D eigenvalue weighted by Gasteiger charge is -2.19. The predicted molar refractivity (Wildman–Crippen MR) is 84.9 cm³/mol. The number of hydrogen-bond donors (Lipinski definition) is 1. The standard InChI is InChI=1S/C15H17FN4S/c1-3-17-10-13-14(18-15-20(13)8-9-21-15)19(2)12-7-5-4-6-11(12)16/h4-9,17H,3,10H2,1-2H3. The summed E-state index contributed by atoms with van der Waals surface area (Å²) in [5.41, 5.74) is 1.57. The average Bonchev–Trinajstić information content (AvgIpc) is 3.06. The Balaban J connectivity index is 2.06. The first-order valence-corrected chi connectivity index (χ1v) is 7.73.